The summed E-state index contributed by atoms with van der Waals surface area (Å²) in [5, 5.41) is 4.68. The van der Waals surface area contributed by atoms with Crippen molar-refractivity contribution in [2.45, 2.75) is 20.8 Å². The molecule has 0 amide bonds. The fourth-order valence-corrected chi connectivity index (χ4v) is 1.15. The molecule has 1 heterocycles. The molecule has 0 saturated heterocycles. The van der Waals surface area contributed by atoms with Gasteiger partial charge < -0.3 is 4.52 Å². The Balaban J connectivity index is 0.000000280. The summed E-state index contributed by atoms with van der Waals surface area (Å²) in [4.78, 5) is 10.4. The van der Waals surface area contributed by atoms with E-state index in [9.17, 15) is 4.79 Å². The van der Waals surface area contributed by atoms with Crippen LogP contribution in [0.3, 0.4) is 0 Å². The van der Waals surface area contributed by atoms with E-state index in [1.807, 2.05) is 20.8 Å². The minimum Gasteiger partial charge on any atom is -0.356 e. The second kappa shape index (κ2) is 5.72. The number of nitrogens with zero attached hydrogens (tertiary/aromatic N) is 1. The van der Waals surface area contributed by atoms with E-state index in [1.165, 1.54) is 0 Å². The summed E-state index contributed by atoms with van der Waals surface area (Å²) in [6.07, 6.45) is 0.811. The highest BCUT2D eigenvalue weighted by Gasteiger charge is 2.03. The van der Waals surface area contributed by atoms with Gasteiger partial charge in [-0.25, -0.2) is 0 Å². The van der Waals surface area contributed by atoms with Crippen molar-refractivity contribution in [3.05, 3.63) is 29.5 Å². The minimum absolute atomic E-state index is 0.647. The van der Waals surface area contributed by atoms with E-state index in [-0.39, 0.29) is 0 Å². The Morgan fingerprint density at radius 2 is 2.00 bits per heavy atom. The lowest BCUT2D eigenvalue weighted by atomic mass is 10.1. The summed E-state index contributed by atoms with van der Waals surface area (Å²) >= 11 is 0. The van der Waals surface area contributed by atoms with Gasteiger partial charge in [0.1, 0.15) is 6.29 Å². The van der Waals surface area contributed by atoms with Crippen LogP contribution in [0.2, 0.25) is 0 Å². The van der Waals surface area contributed by atoms with Crippen LogP contribution in [0.1, 0.15) is 29.9 Å². The van der Waals surface area contributed by atoms with Crippen LogP contribution in [-0.2, 0) is 0 Å². The van der Waals surface area contributed by atoms with E-state index < -0.39 is 0 Å². The maximum atomic E-state index is 10.4. The van der Waals surface area contributed by atoms with Crippen molar-refractivity contribution in [1.29, 1.82) is 0 Å². The van der Waals surface area contributed by atoms with Crippen molar-refractivity contribution in [3.63, 3.8) is 0 Å². The fraction of sp³-hybridized carbons (Fsp3) is 0.231. The van der Waals surface area contributed by atoms with E-state index in [4.69, 9.17) is 4.52 Å². The van der Waals surface area contributed by atoms with Crippen molar-refractivity contribution in [2.24, 2.45) is 0 Å². The van der Waals surface area contributed by atoms with Gasteiger partial charge in [-0.1, -0.05) is 5.16 Å². The molecule has 3 heteroatoms. The van der Waals surface area contributed by atoms with Crippen LogP contribution in [0.25, 0.3) is 11.0 Å². The SMILES string of the molecule is CC#CC.Cc1noc2ccc(C=O)cc12. The van der Waals surface area contributed by atoms with Crippen LogP contribution in [0.5, 0.6) is 0 Å². The molecule has 1 aromatic heterocycles. The van der Waals surface area contributed by atoms with E-state index in [0.29, 0.717) is 5.56 Å². The number of carbonyl (C=O) groups excluding carboxylic acids is 1. The first-order chi connectivity index (χ1) is 7.72. The maximum Gasteiger partial charge on any atom is 0.167 e. The number of aryl methyl sites for hydroxylation is 1. The van der Waals surface area contributed by atoms with Gasteiger partial charge >= 0.3 is 0 Å². The predicted molar refractivity (Wildman–Crippen MR) is 63.3 cm³/mol. The molecule has 0 aliphatic carbocycles. The first-order valence-electron chi connectivity index (χ1n) is 4.87. The molecule has 0 saturated carbocycles. The molecule has 0 unspecified atom stereocenters. The Labute approximate surface area is 94.4 Å². The van der Waals surface area contributed by atoms with Gasteiger partial charge in [0.15, 0.2) is 5.58 Å². The van der Waals surface area contributed by atoms with Gasteiger partial charge in [0.05, 0.1) is 5.69 Å². The molecule has 2 rings (SSSR count). The second-order valence-electron chi connectivity index (χ2n) is 3.14. The highest BCUT2D eigenvalue weighted by atomic mass is 16.5. The zero-order valence-corrected chi connectivity index (χ0v) is 9.57. The zero-order chi connectivity index (χ0) is 12.0. The molecule has 0 N–H and O–H groups in total. The largest absolute Gasteiger partial charge is 0.356 e. The molecule has 0 aliphatic rings. The van der Waals surface area contributed by atoms with Gasteiger partial charge in [-0.3, -0.25) is 4.79 Å². The average Bonchev–Trinajstić information content (AvgIpc) is 2.71. The molecule has 0 spiro atoms. The lowest BCUT2D eigenvalue weighted by Crippen LogP contribution is -1.78. The minimum atomic E-state index is 0.647. The van der Waals surface area contributed by atoms with Crippen LogP contribution >= 0.6 is 0 Å². The van der Waals surface area contributed by atoms with E-state index in [1.54, 1.807) is 18.2 Å². The van der Waals surface area contributed by atoms with Gasteiger partial charge in [-0.15, -0.1) is 11.8 Å². The zero-order valence-electron chi connectivity index (χ0n) is 9.57. The molecule has 0 radical (unpaired) electrons. The van der Waals surface area contributed by atoms with Gasteiger partial charge in [0, 0.05) is 10.9 Å². The van der Waals surface area contributed by atoms with Gasteiger partial charge in [-0.2, -0.15) is 0 Å². The number of carbonyl (C=O) groups is 1. The standard InChI is InChI=1S/C9H7NO2.C4H6/c1-6-8-4-7(5-11)2-3-9(8)12-10-6;1-3-4-2/h2-5H,1H3;1-2H3. The summed E-state index contributed by atoms with van der Waals surface area (Å²) in [6.45, 7) is 5.49. The molecule has 82 valence electrons. The molecular weight excluding hydrogens is 202 g/mol. The number of hydrogen-bond acceptors (Lipinski definition) is 3. The summed E-state index contributed by atoms with van der Waals surface area (Å²) in [6, 6.07) is 5.23. The summed E-state index contributed by atoms with van der Waals surface area (Å²) in [5.41, 5.74) is 2.18. The molecule has 0 atom stereocenters. The molecule has 16 heavy (non-hydrogen) atoms. The van der Waals surface area contributed by atoms with Crippen molar-refractivity contribution >= 4 is 17.3 Å². The van der Waals surface area contributed by atoms with Crippen LogP contribution in [0, 0.1) is 18.8 Å². The van der Waals surface area contributed by atoms with Crippen LogP contribution in [-0.4, -0.2) is 11.4 Å². The Morgan fingerprint density at radius 1 is 1.31 bits per heavy atom. The van der Waals surface area contributed by atoms with Crippen molar-refractivity contribution in [3.8, 4) is 11.8 Å². The number of fused-ring (bicyclic) bond motifs is 1. The fourth-order valence-electron chi connectivity index (χ4n) is 1.15. The normalized spacial score (nSPS) is 8.69. The first kappa shape index (κ1) is 12.0. The smallest absolute Gasteiger partial charge is 0.167 e. The molecule has 0 aliphatic heterocycles. The summed E-state index contributed by atoms with van der Waals surface area (Å²) < 4.78 is 4.98. The quantitative estimate of drug-likeness (QED) is 0.542. The van der Waals surface area contributed by atoms with Crippen LogP contribution < -0.4 is 0 Å². The highest BCUT2D eigenvalue weighted by Crippen LogP contribution is 2.18. The molecule has 0 fully saturated rings. The Bertz CT molecular complexity index is 538. The number of aldehydes is 1. The van der Waals surface area contributed by atoms with Crippen LogP contribution in [0.15, 0.2) is 22.7 Å². The van der Waals surface area contributed by atoms with Gasteiger partial charge in [0.25, 0.3) is 0 Å². The van der Waals surface area contributed by atoms with Crippen molar-refractivity contribution < 1.29 is 9.32 Å². The molecular formula is C13H13NO2. The first-order valence-corrected chi connectivity index (χ1v) is 4.87. The van der Waals surface area contributed by atoms with E-state index in [2.05, 4.69) is 17.0 Å². The lowest BCUT2D eigenvalue weighted by Gasteiger charge is -1.88. The van der Waals surface area contributed by atoms with E-state index >= 15 is 0 Å². The molecule has 1 aromatic carbocycles. The topological polar surface area (TPSA) is 43.1 Å². The van der Waals surface area contributed by atoms with E-state index in [0.717, 1.165) is 22.9 Å². The summed E-state index contributed by atoms with van der Waals surface area (Å²) in [7, 11) is 0. The predicted octanol–water partition coefficient (Wildman–Crippen LogP) is 2.98. The number of aromatic nitrogens is 1. The number of hydrogen-bond donors (Lipinski definition) is 0. The monoisotopic (exact) mass is 215 g/mol. The Morgan fingerprint density at radius 3 is 2.56 bits per heavy atom. The third kappa shape index (κ3) is 2.71. The van der Waals surface area contributed by atoms with Crippen molar-refractivity contribution in [1.82, 2.24) is 5.16 Å². The average molecular weight is 215 g/mol. The Kier molecular flexibility index (Phi) is 4.28. The third-order valence-corrected chi connectivity index (χ3v) is 2.06. The molecule has 0 bridgehead atoms. The molecule has 2 aromatic rings. The summed E-state index contributed by atoms with van der Waals surface area (Å²) in [5.74, 6) is 5.36. The number of benzene rings is 1. The second-order valence-corrected chi connectivity index (χ2v) is 3.14. The third-order valence-electron chi connectivity index (χ3n) is 2.06. The van der Waals surface area contributed by atoms with Crippen LogP contribution in [0.4, 0.5) is 0 Å². The lowest BCUT2D eigenvalue weighted by molar-refractivity contribution is 0.112. The Hall–Kier alpha value is -2.08. The van der Waals surface area contributed by atoms with Crippen molar-refractivity contribution in [2.75, 3.05) is 0 Å². The maximum absolute atomic E-state index is 10.4. The van der Waals surface area contributed by atoms with Gasteiger partial charge in [0.2, 0.25) is 0 Å². The van der Waals surface area contributed by atoms with Gasteiger partial charge in [-0.05, 0) is 39.0 Å². The molecule has 3 nitrogen and oxygen atoms in total. The number of rotatable bonds is 1. The highest BCUT2D eigenvalue weighted by molar-refractivity contribution is 5.87.